The Morgan fingerprint density at radius 2 is 1.74 bits per heavy atom. The highest BCUT2D eigenvalue weighted by Gasteiger charge is 2.27. The molecular weight excluding hydrogens is 511 g/mol. The highest BCUT2D eigenvalue weighted by molar-refractivity contribution is 14.1. The summed E-state index contributed by atoms with van der Waals surface area (Å²) >= 11 is 2.19. The number of para-hydroxylation sites is 1. The molecule has 3 rings (SSSR count). The quantitative estimate of drug-likeness (QED) is 0.434. The second-order valence-electron chi connectivity index (χ2n) is 7.23. The lowest BCUT2D eigenvalue weighted by molar-refractivity contribution is -0.136. The summed E-state index contributed by atoms with van der Waals surface area (Å²) in [5.74, 6) is -0.522. The van der Waals surface area contributed by atoms with Gasteiger partial charge in [-0.2, -0.15) is 0 Å². The van der Waals surface area contributed by atoms with Gasteiger partial charge in [-0.3, -0.25) is 9.59 Å². The molecule has 2 aromatic rings. The van der Waals surface area contributed by atoms with Gasteiger partial charge in [-0.1, -0.05) is 24.3 Å². The summed E-state index contributed by atoms with van der Waals surface area (Å²) in [5, 5.41) is 12.0. The van der Waals surface area contributed by atoms with E-state index in [1.54, 1.807) is 29.2 Å². The van der Waals surface area contributed by atoms with Crippen LogP contribution in [0.3, 0.4) is 0 Å². The van der Waals surface area contributed by atoms with E-state index in [1.165, 1.54) is 13.0 Å². The summed E-state index contributed by atoms with van der Waals surface area (Å²) in [6.07, 6.45) is 2.45. The summed E-state index contributed by atoms with van der Waals surface area (Å²) in [7, 11) is 0. The SMILES string of the molecule is CC(=O)N1CCC(C(=O)N/C(=C/c2ccc(Oc3ccccc3I)cc2)C(=O)O)CC1. The molecule has 2 aromatic carbocycles. The molecule has 0 saturated carbocycles. The molecule has 0 aliphatic carbocycles. The smallest absolute Gasteiger partial charge is 0.352 e. The lowest BCUT2D eigenvalue weighted by Crippen LogP contribution is -2.42. The lowest BCUT2D eigenvalue weighted by atomic mass is 9.95. The zero-order valence-corrected chi connectivity index (χ0v) is 19.2. The maximum atomic E-state index is 12.5. The lowest BCUT2D eigenvalue weighted by Gasteiger charge is -2.30. The van der Waals surface area contributed by atoms with Gasteiger partial charge in [0.25, 0.3) is 0 Å². The van der Waals surface area contributed by atoms with Crippen molar-refractivity contribution in [1.82, 2.24) is 10.2 Å². The highest BCUT2D eigenvalue weighted by Crippen LogP contribution is 2.27. The Kier molecular flexibility index (Phi) is 7.67. The molecular formula is C23H23IN2O5. The molecule has 0 unspecified atom stereocenters. The van der Waals surface area contributed by atoms with Crippen LogP contribution in [0.1, 0.15) is 25.3 Å². The Balaban J connectivity index is 1.65. The van der Waals surface area contributed by atoms with E-state index in [1.807, 2.05) is 24.3 Å². The molecule has 1 fully saturated rings. The molecule has 0 radical (unpaired) electrons. The summed E-state index contributed by atoms with van der Waals surface area (Å²) in [6, 6.07) is 14.6. The number of benzene rings is 2. The predicted octanol–water partition coefficient (Wildman–Crippen LogP) is 3.88. The number of halogens is 1. The molecule has 1 saturated heterocycles. The standard InChI is InChI=1S/C23H23IN2O5/c1-15(27)26-12-10-17(11-13-26)22(28)25-20(23(29)30)14-16-6-8-18(9-7-16)31-21-5-3-2-4-19(21)24/h2-9,14,17H,10-13H2,1H3,(H,25,28)(H,29,30)/b20-14+. The second-order valence-corrected chi connectivity index (χ2v) is 8.40. The molecule has 1 heterocycles. The fourth-order valence-corrected chi connectivity index (χ4v) is 3.79. The largest absolute Gasteiger partial charge is 0.477 e. The third-order valence-electron chi connectivity index (χ3n) is 5.05. The number of hydrogen-bond donors (Lipinski definition) is 2. The number of aliphatic carboxylic acids is 1. The van der Waals surface area contributed by atoms with Crippen molar-refractivity contribution >= 4 is 46.5 Å². The molecule has 31 heavy (non-hydrogen) atoms. The van der Waals surface area contributed by atoms with Gasteiger partial charge in [-0.15, -0.1) is 0 Å². The van der Waals surface area contributed by atoms with Crippen LogP contribution in [-0.2, 0) is 14.4 Å². The van der Waals surface area contributed by atoms with E-state index in [4.69, 9.17) is 4.74 Å². The fourth-order valence-electron chi connectivity index (χ4n) is 3.30. The Morgan fingerprint density at radius 1 is 1.10 bits per heavy atom. The van der Waals surface area contributed by atoms with Crippen LogP contribution in [0.2, 0.25) is 0 Å². The van der Waals surface area contributed by atoms with Crippen LogP contribution >= 0.6 is 22.6 Å². The topological polar surface area (TPSA) is 95.9 Å². The van der Waals surface area contributed by atoms with Gasteiger partial charge in [0.1, 0.15) is 17.2 Å². The van der Waals surface area contributed by atoms with Crippen molar-refractivity contribution in [3.63, 3.8) is 0 Å². The number of rotatable bonds is 6. The van der Waals surface area contributed by atoms with Crippen molar-refractivity contribution in [3.8, 4) is 11.5 Å². The number of carbonyl (C=O) groups excluding carboxylic acids is 2. The van der Waals surface area contributed by atoms with E-state index >= 15 is 0 Å². The normalized spacial score (nSPS) is 14.8. The minimum Gasteiger partial charge on any atom is -0.477 e. The third kappa shape index (κ3) is 6.30. The number of hydrogen-bond acceptors (Lipinski definition) is 4. The van der Waals surface area contributed by atoms with Crippen LogP contribution in [0.15, 0.2) is 54.2 Å². The first kappa shape index (κ1) is 22.8. The number of carboxylic acid groups (broad SMARTS) is 1. The molecule has 2 amide bonds. The maximum absolute atomic E-state index is 12.5. The zero-order valence-electron chi connectivity index (χ0n) is 17.0. The second kappa shape index (κ2) is 10.4. The summed E-state index contributed by atoms with van der Waals surface area (Å²) < 4.78 is 6.82. The van der Waals surface area contributed by atoms with Crippen LogP contribution in [0, 0.1) is 9.49 Å². The van der Waals surface area contributed by atoms with E-state index in [0.717, 1.165) is 9.32 Å². The van der Waals surface area contributed by atoms with Gasteiger partial charge < -0.3 is 20.1 Å². The van der Waals surface area contributed by atoms with Crippen LogP contribution in [0.4, 0.5) is 0 Å². The van der Waals surface area contributed by atoms with Crippen molar-refractivity contribution in [2.24, 2.45) is 5.92 Å². The molecule has 7 nitrogen and oxygen atoms in total. The molecule has 2 N–H and O–H groups in total. The van der Waals surface area contributed by atoms with Gasteiger partial charge in [-0.05, 0) is 71.3 Å². The number of nitrogens with one attached hydrogen (secondary N) is 1. The summed E-state index contributed by atoms with van der Waals surface area (Å²) in [4.78, 5) is 37.3. The van der Waals surface area contributed by atoms with Gasteiger partial charge in [0.2, 0.25) is 11.8 Å². The first-order valence-corrected chi connectivity index (χ1v) is 10.9. The molecule has 0 atom stereocenters. The van der Waals surface area contributed by atoms with Crippen molar-refractivity contribution in [2.75, 3.05) is 13.1 Å². The number of ether oxygens (including phenoxy) is 1. The molecule has 0 bridgehead atoms. The van der Waals surface area contributed by atoms with E-state index in [0.29, 0.717) is 37.2 Å². The molecule has 1 aliphatic heterocycles. The van der Waals surface area contributed by atoms with E-state index in [-0.39, 0.29) is 23.4 Å². The van der Waals surface area contributed by atoms with Crippen molar-refractivity contribution < 1.29 is 24.2 Å². The first-order valence-electron chi connectivity index (χ1n) is 9.87. The molecule has 162 valence electrons. The Morgan fingerprint density at radius 3 is 2.32 bits per heavy atom. The fraction of sp³-hybridized carbons (Fsp3) is 0.261. The van der Waals surface area contributed by atoms with Gasteiger partial charge in [0.05, 0.1) is 3.57 Å². The number of piperidine rings is 1. The molecule has 8 heteroatoms. The number of carbonyl (C=O) groups is 3. The van der Waals surface area contributed by atoms with E-state index in [9.17, 15) is 19.5 Å². The number of carboxylic acids is 1. The third-order valence-corrected chi connectivity index (χ3v) is 5.95. The van der Waals surface area contributed by atoms with Crippen molar-refractivity contribution in [3.05, 3.63) is 63.4 Å². The van der Waals surface area contributed by atoms with Gasteiger partial charge in [0.15, 0.2) is 0 Å². The number of amides is 2. The Bertz CT molecular complexity index is 995. The monoisotopic (exact) mass is 534 g/mol. The van der Waals surface area contributed by atoms with Crippen LogP contribution in [0.5, 0.6) is 11.5 Å². The highest BCUT2D eigenvalue weighted by atomic mass is 127. The first-order chi connectivity index (χ1) is 14.8. The average molecular weight is 534 g/mol. The van der Waals surface area contributed by atoms with Gasteiger partial charge in [0, 0.05) is 25.9 Å². The minimum atomic E-state index is -1.21. The molecule has 0 spiro atoms. The van der Waals surface area contributed by atoms with Crippen LogP contribution in [0.25, 0.3) is 6.08 Å². The van der Waals surface area contributed by atoms with E-state index < -0.39 is 5.97 Å². The summed E-state index contributed by atoms with van der Waals surface area (Å²) in [5.41, 5.74) is 0.435. The van der Waals surface area contributed by atoms with Gasteiger partial charge in [-0.25, -0.2) is 4.79 Å². The van der Waals surface area contributed by atoms with Crippen LogP contribution in [-0.4, -0.2) is 40.9 Å². The number of likely N-dealkylation sites (tertiary alicyclic amines) is 1. The van der Waals surface area contributed by atoms with Crippen molar-refractivity contribution in [1.29, 1.82) is 0 Å². The average Bonchev–Trinajstić information content (AvgIpc) is 2.76. The van der Waals surface area contributed by atoms with Crippen LogP contribution < -0.4 is 10.1 Å². The predicted molar refractivity (Wildman–Crippen MR) is 124 cm³/mol. The van der Waals surface area contributed by atoms with Crippen molar-refractivity contribution in [2.45, 2.75) is 19.8 Å². The minimum absolute atomic E-state index is 0.0145. The summed E-state index contributed by atoms with van der Waals surface area (Å²) in [6.45, 7) is 2.51. The molecule has 1 aliphatic rings. The maximum Gasteiger partial charge on any atom is 0.352 e. The zero-order chi connectivity index (χ0) is 22.4. The Labute approximate surface area is 194 Å². The van der Waals surface area contributed by atoms with E-state index in [2.05, 4.69) is 27.9 Å². The number of nitrogens with zero attached hydrogens (tertiary/aromatic N) is 1. The van der Waals surface area contributed by atoms with Gasteiger partial charge >= 0.3 is 5.97 Å². The Hall–Kier alpha value is -2.88. The molecule has 0 aromatic heterocycles.